The van der Waals surface area contributed by atoms with Crippen LogP contribution in [0.3, 0.4) is 0 Å². The van der Waals surface area contributed by atoms with Crippen molar-refractivity contribution in [2.24, 2.45) is 0 Å². The largest absolute Gasteiger partial charge is 0.491 e. The molecule has 0 saturated carbocycles. The highest BCUT2D eigenvalue weighted by atomic mass is 79.9. The number of hydrogen-bond acceptors (Lipinski definition) is 2. The molecule has 20 heavy (non-hydrogen) atoms. The molecular formula is C16H16BrFO2. The maximum atomic E-state index is 13.5. The first-order valence-electron chi connectivity index (χ1n) is 6.37. The fourth-order valence-electron chi connectivity index (χ4n) is 1.94. The predicted molar refractivity (Wildman–Crippen MR) is 80.4 cm³/mol. The van der Waals surface area contributed by atoms with Gasteiger partial charge in [-0.25, -0.2) is 4.39 Å². The summed E-state index contributed by atoms with van der Waals surface area (Å²) in [5, 5.41) is 10.4. The van der Waals surface area contributed by atoms with Crippen LogP contribution < -0.4 is 4.74 Å². The van der Waals surface area contributed by atoms with Crippen molar-refractivity contribution in [2.45, 2.75) is 26.1 Å². The molecule has 2 rings (SSSR count). The first-order valence-corrected chi connectivity index (χ1v) is 7.17. The number of aliphatic hydroxyl groups excluding tert-OH is 1. The third kappa shape index (κ3) is 3.38. The summed E-state index contributed by atoms with van der Waals surface area (Å²) in [6, 6.07) is 11.8. The Morgan fingerprint density at radius 3 is 2.55 bits per heavy atom. The van der Waals surface area contributed by atoms with Gasteiger partial charge in [0.05, 0.1) is 10.6 Å². The van der Waals surface area contributed by atoms with Crippen LogP contribution in [0.1, 0.15) is 31.1 Å². The Labute approximate surface area is 126 Å². The summed E-state index contributed by atoms with van der Waals surface area (Å²) in [5.74, 6) is 0.292. The summed E-state index contributed by atoms with van der Waals surface area (Å²) in [7, 11) is 0. The molecule has 0 aliphatic rings. The highest BCUT2D eigenvalue weighted by molar-refractivity contribution is 9.10. The average molecular weight is 339 g/mol. The average Bonchev–Trinajstić information content (AvgIpc) is 2.41. The molecule has 106 valence electrons. The number of rotatable bonds is 4. The summed E-state index contributed by atoms with van der Waals surface area (Å²) < 4.78 is 19.4. The van der Waals surface area contributed by atoms with Crippen molar-refractivity contribution < 1.29 is 14.2 Å². The van der Waals surface area contributed by atoms with E-state index in [-0.39, 0.29) is 10.6 Å². The lowest BCUT2D eigenvalue weighted by molar-refractivity contribution is 0.215. The van der Waals surface area contributed by atoms with Gasteiger partial charge in [-0.05, 0) is 53.5 Å². The fourth-order valence-corrected chi connectivity index (χ4v) is 2.42. The summed E-state index contributed by atoms with van der Waals surface area (Å²) >= 11 is 3.17. The lowest BCUT2D eigenvalue weighted by atomic mass is 10.0. The van der Waals surface area contributed by atoms with Crippen molar-refractivity contribution in [1.82, 2.24) is 0 Å². The minimum atomic E-state index is -0.907. The van der Waals surface area contributed by atoms with E-state index in [4.69, 9.17) is 4.74 Å². The molecule has 1 unspecified atom stereocenters. The smallest absolute Gasteiger partial charge is 0.137 e. The second-order valence-corrected chi connectivity index (χ2v) is 5.58. The SMILES string of the molecule is CC(C)Oc1cccc(C(O)c2cccc(F)c2Br)c1. The van der Waals surface area contributed by atoms with Crippen molar-refractivity contribution in [2.75, 3.05) is 0 Å². The molecule has 4 heteroatoms. The van der Waals surface area contributed by atoms with Crippen molar-refractivity contribution in [3.05, 3.63) is 63.9 Å². The van der Waals surface area contributed by atoms with Gasteiger partial charge in [0.25, 0.3) is 0 Å². The Balaban J connectivity index is 2.33. The van der Waals surface area contributed by atoms with Gasteiger partial charge in [0, 0.05) is 5.56 Å². The normalized spacial score (nSPS) is 12.5. The van der Waals surface area contributed by atoms with Crippen molar-refractivity contribution in [3.8, 4) is 5.75 Å². The van der Waals surface area contributed by atoms with Crippen LogP contribution in [-0.2, 0) is 0 Å². The van der Waals surface area contributed by atoms with Crippen LogP contribution in [0.2, 0.25) is 0 Å². The van der Waals surface area contributed by atoms with Crippen LogP contribution in [0.5, 0.6) is 5.75 Å². The van der Waals surface area contributed by atoms with Crippen LogP contribution in [0.4, 0.5) is 4.39 Å². The Kier molecular flexibility index (Phi) is 4.78. The molecule has 1 atom stereocenters. The topological polar surface area (TPSA) is 29.5 Å². The molecule has 0 aliphatic carbocycles. The van der Waals surface area contributed by atoms with Crippen molar-refractivity contribution >= 4 is 15.9 Å². The van der Waals surface area contributed by atoms with Crippen LogP contribution in [0.15, 0.2) is 46.9 Å². The standard InChI is InChI=1S/C16H16BrFO2/c1-10(2)20-12-6-3-5-11(9-12)16(19)13-7-4-8-14(18)15(13)17/h3-10,16,19H,1-2H3. The molecule has 0 fully saturated rings. The molecule has 0 saturated heterocycles. The molecule has 0 amide bonds. The van der Waals surface area contributed by atoms with Gasteiger partial charge in [-0.3, -0.25) is 0 Å². The highest BCUT2D eigenvalue weighted by Crippen LogP contribution is 2.31. The number of hydrogen-bond donors (Lipinski definition) is 1. The van der Waals surface area contributed by atoms with E-state index >= 15 is 0 Å². The Bertz CT molecular complexity index is 599. The minimum Gasteiger partial charge on any atom is -0.491 e. The summed E-state index contributed by atoms with van der Waals surface area (Å²) in [6.07, 6.45) is -0.848. The van der Waals surface area contributed by atoms with Gasteiger partial charge < -0.3 is 9.84 Å². The van der Waals surface area contributed by atoms with Crippen molar-refractivity contribution in [1.29, 1.82) is 0 Å². The highest BCUT2D eigenvalue weighted by Gasteiger charge is 2.16. The molecule has 0 radical (unpaired) electrons. The molecule has 0 aromatic heterocycles. The molecule has 2 nitrogen and oxygen atoms in total. The molecule has 2 aromatic rings. The van der Waals surface area contributed by atoms with Crippen LogP contribution in [0.25, 0.3) is 0 Å². The van der Waals surface area contributed by atoms with Crippen LogP contribution >= 0.6 is 15.9 Å². The zero-order valence-corrected chi connectivity index (χ0v) is 12.9. The van der Waals surface area contributed by atoms with Crippen molar-refractivity contribution in [3.63, 3.8) is 0 Å². The molecular weight excluding hydrogens is 323 g/mol. The second-order valence-electron chi connectivity index (χ2n) is 4.78. The maximum absolute atomic E-state index is 13.5. The second kappa shape index (κ2) is 6.37. The molecule has 0 spiro atoms. The van der Waals surface area contributed by atoms with E-state index in [1.165, 1.54) is 6.07 Å². The Morgan fingerprint density at radius 1 is 1.15 bits per heavy atom. The Morgan fingerprint density at radius 2 is 1.85 bits per heavy atom. The number of benzene rings is 2. The van der Waals surface area contributed by atoms with Gasteiger partial charge in [-0.2, -0.15) is 0 Å². The number of halogens is 2. The first kappa shape index (κ1) is 15.0. The number of ether oxygens (including phenoxy) is 1. The lowest BCUT2D eigenvalue weighted by Gasteiger charge is -2.16. The first-order chi connectivity index (χ1) is 9.49. The summed E-state index contributed by atoms with van der Waals surface area (Å²) in [4.78, 5) is 0. The maximum Gasteiger partial charge on any atom is 0.137 e. The number of aliphatic hydroxyl groups is 1. The van der Waals surface area contributed by atoms with Gasteiger partial charge in [-0.1, -0.05) is 24.3 Å². The summed E-state index contributed by atoms with van der Waals surface area (Å²) in [5.41, 5.74) is 1.15. The van der Waals surface area contributed by atoms with E-state index in [1.54, 1.807) is 24.3 Å². The van der Waals surface area contributed by atoms with E-state index in [1.807, 2.05) is 26.0 Å². The van der Waals surface area contributed by atoms with Gasteiger partial charge in [0.1, 0.15) is 17.7 Å². The minimum absolute atomic E-state index is 0.0586. The van der Waals surface area contributed by atoms with Gasteiger partial charge in [0.15, 0.2) is 0 Å². The summed E-state index contributed by atoms with van der Waals surface area (Å²) in [6.45, 7) is 3.87. The zero-order chi connectivity index (χ0) is 14.7. The predicted octanol–water partition coefficient (Wildman–Crippen LogP) is 4.46. The van der Waals surface area contributed by atoms with Gasteiger partial charge >= 0.3 is 0 Å². The van der Waals surface area contributed by atoms with Gasteiger partial charge in [0.2, 0.25) is 0 Å². The molecule has 0 heterocycles. The van der Waals surface area contributed by atoms with E-state index < -0.39 is 11.9 Å². The van der Waals surface area contributed by atoms with E-state index in [0.29, 0.717) is 16.9 Å². The van der Waals surface area contributed by atoms with Crippen LogP contribution in [0, 0.1) is 5.82 Å². The third-order valence-electron chi connectivity index (χ3n) is 2.82. The third-order valence-corrected chi connectivity index (χ3v) is 3.66. The monoisotopic (exact) mass is 338 g/mol. The fraction of sp³-hybridized carbons (Fsp3) is 0.250. The van der Waals surface area contributed by atoms with E-state index in [9.17, 15) is 9.50 Å². The van der Waals surface area contributed by atoms with E-state index in [0.717, 1.165) is 0 Å². The molecule has 1 N–H and O–H groups in total. The molecule has 0 bridgehead atoms. The molecule has 2 aromatic carbocycles. The van der Waals surface area contributed by atoms with Crippen LogP contribution in [-0.4, -0.2) is 11.2 Å². The zero-order valence-electron chi connectivity index (χ0n) is 11.3. The lowest BCUT2D eigenvalue weighted by Crippen LogP contribution is -2.07. The quantitative estimate of drug-likeness (QED) is 0.891. The molecule has 0 aliphatic heterocycles. The van der Waals surface area contributed by atoms with Gasteiger partial charge in [-0.15, -0.1) is 0 Å². The Hall–Kier alpha value is -1.39. The van der Waals surface area contributed by atoms with E-state index in [2.05, 4.69) is 15.9 Å².